The van der Waals surface area contributed by atoms with Crippen LogP contribution in [-0.2, 0) is 11.2 Å². The average Bonchev–Trinajstić information content (AvgIpc) is 2.77. The molecular weight excluding hydrogens is 262 g/mol. The second-order valence-corrected chi connectivity index (χ2v) is 5.07. The summed E-state index contributed by atoms with van der Waals surface area (Å²) in [7, 11) is 0. The number of fused-ring (bicyclic) bond motifs is 1. The summed E-state index contributed by atoms with van der Waals surface area (Å²) in [5.41, 5.74) is 1.64. The highest BCUT2D eigenvalue weighted by Crippen LogP contribution is 2.24. The maximum atomic E-state index is 11.8. The number of benzene rings is 1. The molecule has 4 heteroatoms. The third-order valence-corrected chi connectivity index (χ3v) is 3.30. The molecular formula is C15H18ClNO2. The third kappa shape index (κ3) is 3.74. The predicted octanol–water partition coefficient (Wildman–Crippen LogP) is 3.94. The van der Waals surface area contributed by atoms with Gasteiger partial charge in [0.2, 0.25) is 5.91 Å². The highest BCUT2D eigenvalue weighted by atomic mass is 35.5. The molecule has 0 unspecified atom stereocenters. The molecule has 102 valence electrons. The van der Waals surface area contributed by atoms with Crippen molar-refractivity contribution in [3.05, 3.63) is 35.0 Å². The number of hydrogen-bond acceptors (Lipinski definition) is 2. The lowest BCUT2D eigenvalue weighted by atomic mass is 10.1. The lowest BCUT2D eigenvalue weighted by molar-refractivity contribution is -0.120. The summed E-state index contributed by atoms with van der Waals surface area (Å²) in [5, 5.41) is 4.49. The summed E-state index contributed by atoms with van der Waals surface area (Å²) in [4.78, 5) is 11.8. The molecule has 0 aliphatic rings. The van der Waals surface area contributed by atoms with E-state index in [9.17, 15) is 4.79 Å². The van der Waals surface area contributed by atoms with Gasteiger partial charge in [0, 0.05) is 22.5 Å². The summed E-state index contributed by atoms with van der Waals surface area (Å²) in [6.07, 6.45) is 5.29. The van der Waals surface area contributed by atoms with Gasteiger partial charge >= 0.3 is 0 Å². The van der Waals surface area contributed by atoms with E-state index in [4.69, 9.17) is 16.0 Å². The Hall–Kier alpha value is -1.48. The molecule has 2 rings (SSSR count). The van der Waals surface area contributed by atoms with Gasteiger partial charge in [-0.15, -0.1) is 0 Å². The van der Waals surface area contributed by atoms with E-state index in [1.807, 2.05) is 12.1 Å². The lowest BCUT2D eigenvalue weighted by Gasteiger charge is -2.03. The zero-order valence-corrected chi connectivity index (χ0v) is 11.8. The number of carbonyl (C=O) groups excluding carboxylic acids is 1. The van der Waals surface area contributed by atoms with Gasteiger partial charge in [-0.25, -0.2) is 0 Å². The van der Waals surface area contributed by atoms with E-state index >= 15 is 0 Å². The van der Waals surface area contributed by atoms with Crippen LogP contribution in [0.3, 0.4) is 0 Å². The zero-order valence-electron chi connectivity index (χ0n) is 11.0. The number of furan rings is 1. The van der Waals surface area contributed by atoms with Crippen LogP contribution in [0, 0.1) is 0 Å². The Bertz CT molecular complexity index is 562. The average molecular weight is 280 g/mol. The van der Waals surface area contributed by atoms with Crippen molar-refractivity contribution in [1.29, 1.82) is 0 Å². The minimum Gasteiger partial charge on any atom is -0.464 e. The summed E-state index contributed by atoms with van der Waals surface area (Å²) in [6, 6.07) is 5.43. The maximum absolute atomic E-state index is 11.8. The summed E-state index contributed by atoms with van der Waals surface area (Å²) in [6.45, 7) is 2.88. The normalized spacial score (nSPS) is 10.8. The topological polar surface area (TPSA) is 42.2 Å². The van der Waals surface area contributed by atoms with Crippen LogP contribution in [0.1, 0.15) is 31.7 Å². The number of amides is 1. The molecule has 3 nitrogen and oxygen atoms in total. The van der Waals surface area contributed by atoms with Crippen molar-refractivity contribution in [2.24, 2.45) is 0 Å². The molecule has 0 radical (unpaired) electrons. The van der Waals surface area contributed by atoms with Crippen molar-refractivity contribution >= 4 is 28.5 Å². The first-order chi connectivity index (χ1) is 9.20. The quantitative estimate of drug-likeness (QED) is 0.814. The van der Waals surface area contributed by atoms with E-state index in [2.05, 4.69) is 12.2 Å². The minimum atomic E-state index is 0.0266. The third-order valence-electron chi connectivity index (χ3n) is 3.07. The van der Waals surface area contributed by atoms with Gasteiger partial charge in [0.05, 0.1) is 12.7 Å². The van der Waals surface area contributed by atoms with Crippen LogP contribution in [0.2, 0.25) is 5.02 Å². The molecule has 1 aromatic carbocycles. The number of rotatable bonds is 6. The SMILES string of the molecule is CCCCCNC(=O)Cc1coc2ccc(Cl)cc12. The van der Waals surface area contributed by atoms with Gasteiger partial charge in [-0.2, -0.15) is 0 Å². The van der Waals surface area contributed by atoms with Crippen LogP contribution in [0.5, 0.6) is 0 Å². The van der Waals surface area contributed by atoms with Crippen LogP contribution in [0.25, 0.3) is 11.0 Å². The van der Waals surface area contributed by atoms with Crippen LogP contribution >= 0.6 is 11.6 Å². The van der Waals surface area contributed by atoms with Gasteiger partial charge in [-0.3, -0.25) is 4.79 Å². The molecule has 0 saturated heterocycles. The minimum absolute atomic E-state index is 0.0266. The molecule has 0 spiro atoms. The summed E-state index contributed by atoms with van der Waals surface area (Å²) < 4.78 is 5.41. The van der Waals surface area contributed by atoms with Crippen molar-refractivity contribution < 1.29 is 9.21 Å². The zero-order chi connectivity index (χ0) is 13.7. The first-order valence-corrected chi connectivity index (χ1v) is 7.01. The van der Waals surface area contributed by atoms with Crippen molar-refractivity contribution in [3.8, 4) is 0 Å². The van der Waals surface area contributed by atoms with Gasteiger partial charge in [0.1, 0.15) is 5.58 Å². The van der Waals surface area contributed by atoms with Gasteiger partial charge in [0.25, 0.3) is 0 Å². The smallest absolute Gasteiger partial charge is 0.224 e. The molecule has 1 aromatic heterocycles. The first-order valence-electron chi connectivity index (χ1n) is 6.63. The molecule has 0 fully saturated rings. The molecule has 0 atom stereocenters. The van der Waals surface area contributed by atoms with E-state index in [0.717, 1.165) is 42.3 Å². The Balaban J connectivity index is 1.97. The van der Waals surface area contributed by atoms with Crippen molar-refractivity contribution in [2.75, 3.05) is 6.54 Å². The second kappa shape index (κ2) is 6.62. The van der Waals surface area contributed by atoms with Crippen LogP contribution in [-0.4, -0.2) is 12.5 Å². The molecule has 2 aromatic rings. The Labute approximate surface area is 117 Å². The van der Waals surface area contributed by atoms with Crippen LogP contribution in [0.4, 0.5) is 0 Å². The number of halogens is 1. The number of nitrogens with one attached hydrogen (secondary N) is 1. The Morgan fingerprint density at radius 3 is 3.00 bits per heavy atom. The number of unbranched alkanes of at least 4 members (excludes halogenated alkanes) is 2. The standard InChI is InChI=1S/C15H18ClNO2/c1-2-3-4-7-17-15(18)8-11-10-19-14-6-5-12(16)9-13(11)14/h5-6,9-10H,2-4,7-8H2,1H3,(H,17,18). The van der Waals surface area contributed by atoms with Crippen LogP contribution < -0.4 is 5.32 Å². The largest absolute Gasteiger partial charge is 0.464 e. The fourth-order valence-corrected chi connectivity index (χ4v) is 2.20. The van der Waals surface area contributed by atoms with Gasteiger partial charge in [-0.05, 0) is 24.6 Å². The number of hydrogen-bond donors (Lipinski definition) is 1. The summed E-state index contributed by atoms with van der Waals surface area (Å²) in [5.74, 6) is 0.0266. The maximum Gasteiger partial charge on any atom is 0.224 e. The predicted molar refractivity (Wildman–Crippen MR) is 77.5 cm³/mol. The molecule has 1 amide bonds. The molecule has 0 aliphatic carbocycles. The van der Waals surface area contributed by atoms with Crippen molar-refractivity contribution in [2.45, 2.75) is 32.6 Å². The van der Waals surface area contributed by atoms with E-state index in [0.29, 0.717) is 11.4 Å². The number of carbonyl (C=O) groups is 1. The van der Waals surface area contributed by atoms with Gasteiger partial charge < -0.3 is 9.73 Å². The highest BCUT2D eigenvalue weighted by Gasteiger charge is 2.10. The van der Waals surface area contributed by atoms with E-state index in [-0.39, 0.29) is 5.91 Å². The molecule has 0 aliphatic heterocycles. The molecule has 0 bridgehead atoms. The first kappa shape index (κ1) is 13.9. The van der Waals surface area contributed by atoms with E-state index < -0.39 is 0 Å². The fraction of sp³-hybridized carbons (Fsp3) is 0.400. The summed E-state index contributed by atoms with van der Waals surface area (Å²) >= 11 is 5.96. The Morgan fingerprint density at radius 1 is 1.37 bits per heavy atom. The monoisotopic (exact) mass is 279 g/mol. The van der Waals surface area contributed by atoms with E-state index in [1.165, 1.54) is 0 Å². The molecule has 1 N–H and O–H groups in total. The molecule has 1 heterocycles. The Morgan fingerprint density at radius 2 is 2.21 bits per heavy atom. The molecule has 19 heavy (non-hydrogen) atoms. The van der Waals surface area contributed by atoms with Crippen molar-refractivity contribution in [3.63, 3.8) is 0 Å². The van der Waals surface area contributed by atoms with Gasteiger partial charge in [0.15, 0.2) is 0 Å². The second-order valence-electron chi connectivity index (χ2n) is 4.64. The van der Waals surface area contributed by atoms with Crippen molar-refractivity contribution in [1.82, 2.24) is 5.32 Å². The van der Waals surface area contributed by atoms with E-state index in [1.54, 1.807) is 12.3 Å². The van der Waals surface area contributed by atoms with Crippen LogP contribution in [0.15, 0.2) is 28.9 Å². The lowest BCUT2D eigenvalue weighted by Crippen LogP contribution is -2.25. The molecule has 0 saturated carbocycles. The highest BCUT2D eigenvalue weighted by molar-refractivity contribution is 6.31. The Kier molecular flexibility index (Phi) is 4.86. The fourth-order valence-electron chi connectivity index (χ4n) is 2.03. The van der Waals surface area contributed by atoms with Gasteiger partial charge in [-0.1, -0.05) is 31.4 Å².